The maximum Gasteiger partial charge on any atom is 0.227 e. The number of rotatable bonds is 3. The van der Waals surface area contributed by atoms with E-state index in [0.717, 1.165) is 26.2 Å². The zero-order valence-electron chi connectivity index (χ0n) is 9.76. The van der Waals surface area contributed by atoms with Crippen LogP contribution in [0.3, 0.4) is 0 Å². The molecule has 0 radical (unpaired) electrons. The van der Waals surface area contributed by atoms with Gasteiger partial charge in [0.05, 0.1) is 12.8 Å². The molecule has 1 aliphatic heterocycles. The lowest BCUT2D eigenvalue weighted by Crippen LogP contribution is -2.27. The molecule has 0 saturated carbocycles. The largest absolute Gasteiger partial charge is 0.382 e. The summed E-state index contributed by atoms with van der Waals surface area (Å²) in [6.07, 6.45) is 2.52. The van der Waals surface area contributed by atoms with Gasteiger partial charge in [-0.2, -0.15) is 10.2 Å². The molecule has 90 valence electrons. The van der Waals surface area contributed by atoms with E-state index in [-0.39, 0.29) is 5.82 Å². The third kappa shape index (κ3) is 2.63. The first-order valence-electron chi connectivity index (χ1n) is 5.52. The van der Waals surface area contributed by atoms with Crippen molar-refractivity contribution in [3.05, 3.63) is 11.8 Å². The van der Waals surface area contributed by atoms with Crippen LogP contribution in [0.1, 0.15) is 12.0 Å². The molecule has 1 unspecified atom stereocenters. The van der Waals surface area contributed by atoms with Crippen molar-refractivity contribution in [3.8, 4) is 6.07 Å². The highest BCUT2D eigenvalue weighted by Crippen LogP contribution is 2.17. The molecular weight excluding hydrogens is 218 g/mol. The molecule has 0 spiro atoms. The zero-order chi connectivity index (χ0) is 12.3. The number of ether oxygens (including phenoxy) is 1. The SMILES string of the molecule is CN(CC1CCOC1)c1ncc(C#N)c(N)n1. The lowest BCUT2D eigenvalue weighted by atomic mass is 10.1. The van der Waals surface area contributed by atoms with Gasteiger partial charge < -0.3 is 15.4 Å². The van der Waals surface area contributed by atoms with E-state index in [1.165, 1.54) is 6.20 Å². The van der Waals surface area contributed by atoms with Gasteiger partial charge in [-0.05, 0) is 6.42 Å². The average molecular weight is 233 g/mol. The smallest absolute Gasteiger partial charge is 0.227 e. The summed E-state index contributed by atoms with van der Waals surface area (Å²) < 4.78 is 5.32. The van der Waals surface area contributed by atoms with Crippen molar-refractivity contribution in [2.75, 3.05) is 37.4 Å². The number of aromatic nitrogens is 2. The van der Waals surface area contributed by atoms with Crippen molar-refractivity contribution in [1.82, 2.24) is 9.97 Å². The number of nitrogens with zero attached hydrogens (tertiary/aromatic N) is 4. The number of nitrogen functional groups attached to an aromatic ring is 1. The van der Waals surface area contributed by atoms with Gasteiger partial charge in [0.2, 0.25) is 5.95 Å². The molecule has 0 aliphatic carbocycles. The summed E-state index contributed by atoms with van der Waals surface area (Å²) in [4.78, 5) is 10.2. The first-order chi connectivity index (χ1) is 8.20. The lowest BCUT2D eigenvalue weighted by molar-refractivity contribution is 0.186. The predicted octanol–water partition coefficient (Wildman–Crippen LogP) is 0.403. The maximum atomic E-state index is 8.74. The number of hydrogen-bond acceptors (Lipinski definition) is 6. The van der Waals surface area contributed by atoms with E-state index in [1.807, 2.05) is 18.0 Å². The number of anilines is 2. The molecule has 1 aromatic rings. The molecule has 17 heavy (non-hydrogen) atoms. The molecule has 1 aromatic heterocycles. The highest BCUT2D eigenvalue weighted by molar-refractivity contribution is 5.50. The fourth-order valence-electron chi connectivity index (χ4n) is 1.85. The molecule has 0 amide bonds. The Kier molecular flexibility index (Phi) is 3.40. The van der Waals surface area contributed by atoms with Crippen LogP contribution < -0.4 is 10.6 Å². The standard InChI is InChI=1S/C11H15N5O/c1-16(6-8-2-3-17-7-8)11-14-5-9(4-12)10(13)15-11/h5,8H,2-3,6-7H2,1H3,(H2,13,14,15). The van der Waals surface area contributed by atoms with Gasteiger partial charge in [-0.3, -0.25) is 0 Å². The van der Waals surface area contributed by atoms with Crippen molar-refractivity contribution in [3.63, 3.8) is 0 Å². The molecule has 2 N–H and O–H groups in total. The van der Waals surface area contributed by atoms with Crippen LogP contribution in [0.2, 0.25) is 0 Å². The van der Waals surface area contributed by atoms with Gasteiger partial charge in [-0.15, -0.1) is 0 Å². The Labute approximate surface area is 100 Å². The molecular formula is C11H15N5O. The predicted molar refractivity (Wildman–Crippen MR) is 63.4 cm³/mol. The van der Waals surface area contributed by atoms with Crippen molar-refractivity contribution < 1.29 is 4.74 Å². The molecule has 0 bridgehead atoms. The van der Waals surface area contributed by atoms with Crippen LogP contribution in [0.5, 0.6) is 0 Å². The van der Waals surface area contributed by atoms with E-state index in [2.05, 4.69) is 9.97 Å². The van der Waals surface area contributed by atoms with Crippen molar-refractivity contribution in [2.45, 2.75) is 6.42 Å². The monoisotopic (exact) mass is 233 g/mol. The Morgan fingerprint density at radius 1 is 1.71 bits per heavy atom. The van der Waals surface area contributed by atoms with Crippen molar-refractivity contribution in [2.24, 2.45) is 5.92 Å². The van der Waals surface area contributed by atoms with Gasteiger partial charge in [-0.1, -0.05) is 0 Å². The minimum absolute atomic E-state index is 0.229. The Morgan fingerprint density at radius 3 is 3.12 bits per heavy atom. The Hall–Kier alpha value is -1.87. The summed E-state index contributed by atoms with van der Waals surface area (Å²) in [5.41, 5.74) is 5.96. The van der Waals surface area contributed by atoms with Crippen molar-refractivity contribution >= 4 is 11.8 Å². The number of nitrogens with two attached hydrogens (primary N) is 1. The number of hydrogen-bond donors (Lipinski definition) is 1. The Balaban J connectivity index is 2.06. The molecule has 2 heterocycles. The first kappa shape index (κ1) is 11.6. The fourth-order valence-corrected chi connectivity index (χ4v) is 1.85. The summed E-state index contributed by atoms with van der Waals surface area (Å²) in [5, 5.41) is 8.74. The molecule has 6 heteroatoms. The van der Waals surface area contributed by atoms with Gasteiger partial charge >= 0.3 is 0 Å². The summed E-state index contributed by atoms with van der Waals surface area (Å²) in [6, 6.07) is 1.95. The lowest BCUT2D eigenvalue weighted by Gasteiger charge is -2.20. The third-order valence-electron chi connectivity index (χ3n) is 2.82. The van der Waals surface area contributed by atoms with E-state index in [0.29, 0.717) is 17.4 Å². The molecule has 1 fully saturated rings. The van der Waals surface area contributed by atoms with E-state index in [4.69, 9.17) is 15.7 Å². The van der Waals surface area contributed by atoms with Crippen molar-refractivity contribution in [1.29, 1.82) is 5.26 Å². The van der Waals surface area contributed by atoms with Crippen LogP contribution in [-0.2, 0) is 4.74 Å². The molecule has 1 atom stereocenters. The second-order valence-corrected chi connectivity index (χ2v) is 4.19. The van der Waals surface area contributed by atoms with Crippen LogP contribution in [-0.4, -0.2) is 36.8 Å². The van der Waals surface area contributed by atoms with E-state index in [9.17, 15) is 0 Å². The average Bonchev–Trinajstić information content (AvgIpc) is 2.81. The summed E-state index contributed by atoms with van der Waals surface area (Å²) in [7, 11) is 1.92. The first-order valence-corrected chi connectivity index (χ1v) is 5.52. The normalized spacial score (nSPS) is 18.9. The molecule has 0 aromatic carbocycles. The van der Waals surface area contributed by atoms with Gasteiger partial charge in [0.15, 0.2) is 0 Å². The molecule has 1 saturated heterocycles. The maximum absolute atomic E-state index is 8.74. The minimum Gasteiger partial charge on any atom is -0.382 e. The van der Waals surface area contributed by atoms with E-state index in [1.54, 1.807) is 0 Å². The summed E-state index contributed by atoms with van der Waals surface area (Å²) in [6.45, 7) is 2.45. The second-order valence-electron chi connectivity index (χ2n) is 4.19. The molecule has 6 nitrogen and oxygen atoms in total. The zero-order valence-corrected chi connectivity index (χ0v) is 9.76. The van der Waals surface area contributed by atoms with Crippen LogP contribution in [0.15, 0.2) is 6.20 Å². The number of nitriles is 1. The Bertz CT molecular complexity index is 436. The second kappa shape index (κ2) is 4.97. The highest BCUT2D eigenvalue weighted by Gasteiger charge is 2.19. The summed E-state index contributed by atoms with van der Waals surface area (Å²) >= 11 is 0. The van der Waals surface area contributed by atoms with Gasteiger partial charge in [-0.25, -0.2) is 4.98 Å². The van der Waals surface area contributed by atoms with Crippen LogP contribution in [0.25, 0.3) is 0 Å². The van der Waals surface area contributed by atoms with Gasteiger partial charge in [0.25, 0.3) is 0 Å². The highest BCUT2D eigenvalue weighted by atomic mass is 16.5. The molecule has 1 aliphatic rings. The van der Waals surface area contributed by atoms with E-state index < -0.39 is 0 Å². The van der Waals surface area contributed by atoms with Gasteiger partial charge in [0.1, 0.15) is 17.5 Å². The third-order valence-corrected chi connectivity index (χ3v) is 2.82. The van der Waals surface area contributed by atoms with E-state index >= 15 is 0 Å². The minimum atomic E-state index is 0.229. The Morgan fingerprint density at radius 2 is 2.53 bits per heavy atom. The summed E-state index contributed by atoms with van der Waals surface area (Å²) in [5.74, 6) is 1.29. The quantitative estimate of drug-likeness (QED) is 0.813. The van der Waals surface area contributed by atoms with Crippen LogP contribution >= 0.6 is 0 Å². The molecule has 2 rings (SSSR count). The topological polar surface area (TPSA) is 88.1 Å². The van der Waals surface area contributed by atoms with Gasteiger partial charge in [0, 0.05) is 26.1 Å². The van der Waals surface area contributed by atoms with Crippen LogP contribution in [0.4, 0.5) is 11.8 Å². The van der Waals surface area contributed by atoms with Crippen LogP contribution in [0, 0.1) is 17.2 Å². The fraction of sp³-hybridized carbons (Fsp3) is 0.545.